The molecular formula is C21H16N4O5S. The van der Waals surface area contributed by atoms with Gasteiger partial charge in [0.05, 0.1) is 17.5 Å². The number of hydrogen-bond donors (Lipinski definition) is 1. The molecule has 156 valence electrons. The van der Waals surface area contributed by atoms with Gasteiger partial charge in [-0.05, 0) is 43.2 Å². The van der Waals surface area contributed by atoms with Crippen LogP contribution < -0.4 is 10.9 Å². The van der Waals surface area contributed by atoms with Crippen LogP contribution in [-0.4, -0.2) is 26.5 Å². The van der Waals surface area contributed by atoms with Crippen LogP contribution in [0.2, 0.25) is 0 Å². The summed E-state index contributed by atoms with van der Waals surface area (Å²) in [5, 5.41) is 7.89. The molecule has 0 atom stereocenters. The van der Waals surface area contributed by atoms with E-state index in [1.165, 1.54) is 40.3 Å². The normalized spacial score (nSPS) is 13.3. The Labute approximate surface area is 179 Å². The van der Waals surface area contributed by atoms with Crippen molar-refractivity contribution in [2.75, 3.05) is 5.32 Å². The van der Waals surface area contributed by atoms with Gasteiger partial charge in [-0.3, -0.25) is 9.59 Å². The molecule has 0 aliphatic heterocycles. The van der Waals surface area contributed by atoms with Gasteiger partial charge >= 0.3 is 5.97 Å². The third kappa shape index (κ3) is 4.10. The molecule has 10 heteroatoms. The fraction of sp³-hybridized carbons (Fsp3) is 0.190. The third-order valence-corrected chi connectivity index (χ3v) is 5.76. The summed E-state index contributed by atoms with van der Waals surface area (Å²) in [5.74, 6) is -0.440. The maximum atomic E-state index is 12.5. The van der Waals surface area contributed by atoms with Crippen molar-refractivity contribution in [1.82, 2.24) is 14.6 Å². The molecule has 0 bridgehead atoms. The van der Waals surface area contributed by atoms with E-state index in [0.29, 0.717) is 22.3 Å². The summed E-state index contributed by atoms with van der Waals surface area (Å²) < 4.78 is 11.7. The average Bonchev–Trinajstić information content (AvgIpc) is 3.28. The SMILES string of the molecule is O=C(OCc1cc(=O)n2nc(C3CC3)sc2n1)c1cccc(NC(=O)c2ccco2)c1. The number of fused-ring (bicyclic) bond motifs is 1. The first-order valence-corrected chi connectivity index (χ1v) is 10.4. The van der Waals surface area contributed by atoms with Crippen molar-refractivity contribution in [2.24, 2.45) is 0 Å². The molecular weight excluding hydrogens is 420 g/mol. The highest BCUT2D eigenvalue weighted by atomic mass is 32.1. The van der Waals surface area contributed by atoms with Crippen molar-refractivity contribution >= 4 is 33.9 Å². The third-order valence-electron chi connectivity index (χ3n) is 4.69. The molecule has 1 aromatic carbocycles. The summed E-state index contributed by atoms with van der Waals surface area (Å²) in [6.45, 7) is -0.149. The molecule has 1 aliphatic rings. The number of rotatable bonds is 6. The number of amides is 1. The lowest BCUT2D eigenvalue weighted by atomic mass is 10.2. The molecule has 3 aromatic heterocycles. The summed E-state index contributed by atoms with van der Waals surface area (Å²) >= 11 is 1.39. The molecule has 1 N–H and O–H groups in total. The number of carbonyl (C=O) groups excluding carboxylic acids is 2. The van der Waals surface area contributed by atoms with E-state index in [1.54, 1.807) is 24.3 Å². The van der Waals surface area contributed by atoms with Gasteiger partial charge in [0.1, 0.15) is 11.6 Å². The standard InChI is InChI=1S/C21H16N4O5S/c26-17-10-15(23-21-25(17)24-19(31-21)12-6-7-12)11-30-20(28)13-3-1-4-14(9-13)22-18(27)16-5-2-8-29-16/h1-5,8-10,12H,6-7,11H2,(H,22,27). The maximum Gasteiger partial charge on any atom is 0.338 e. The molecule has 9 nitrogen and oxygen atoms in total. The zero-order valence-corrected chi connectivity index (χ0v) is 16.9. The Morgan fingerprint density at radius 3 is 2.87 bits per heavy atom. The number of hydrogen-bond acceptors (Lipinski definition) is 8. The number of nitrogens with zero attached hydrogens (tertiary/aromatic N) is 3. The quantitative estimate of drug-likeness (QED) is 0.461. The van der Waals surface area contributed by atoms with Crippen molar-refractivity contribution in [2.45, 2.75) is 25.4 Å². The Morgan fingerprint density at radius 1 is 1.23 bits per heavy atom. The van der Waals surface area contributed by atoms with Gasteiger partial charge in [0.2, 0.25) is 4.96 Å². The van der Waals surface area contributed by atoms with Crippen LogP contribution in [0.3, 0.4) is 0 Å². The Hall–Kier alpha value is -3.79. The number of furan rings is 1. The number of ether oxygens (including phenoxy) is 1. The molecule has 0 unspecified atom stereocenters. The molecule has 31 heavy (non-hydrogen) atoms. The maximum absolute atomic E-state index is 12.5. The Kier molecular flexibility index (Phi) is 4.83. The highest BCUT2D eigenvalue weighted by molar-refractivity contribution is 7.16. The van der Waals surface area contributed by atoms with E-state index >= 15 is 0 Å². The predicted octanol–water partition coefficient (Wildman–Crippen LogP) is 3.23. The van der Waals surface area contributed by atoms with E-state index < -0.39 is 11.9 Å². The number of esters is 1. The molecule has 1 aliphatic carbocycles. The minimum atomic E-state index is -0.598. The van der Waals surface area contributed by atoms with E-state index in [9.17, 15) is 14.4 Å². The molecule has 0 radical (unpaired) electrons. The van der Waals surface area contributed by atoms with Crippen LogP contribution >= 0.6 is 11.3 Å². The molecule has 1 fully saturated rings. The topological polar surface area (TPSA) is 116 Å². The van der Waals surface area contributed by atoms with Crippen LogP contribution in [0.1, 0.15) is 50.4 Å². The molecule has 4 aromatic rings. The second kappa shape index (κ2) is 7.80. The second-order valence-electron chi connectivity index (χ2n) is 7.08. The van der Waals surface area contributed by atoms with Gasteiger partial charge in [-0.15, -0.1) is 0 Å². The molecule has 0 spiro atoms. The second-order valence-corrected chi connectivity index (χ2v) is 8.07. The van der Waals surface area contributed by atoms with Crippen LogP contribution in [0, 0.1) is 0 Å². The Balaban J connectivity index is 1.27. The van der Waals surface area contributed by atoms with Crippen molar-refractivity contribution in [3.8, 4) is 0 Å². The zero-order chi connectivity index (χ0) is 21.4. The summed E-state index contributed by atoms with van der Waals surface area (Å²) in [7, 11) is 0. The zero-order valence-electron chi connectivity index (χ0n) is 16.1. The van der Waals surface area contributed by atoms with Crippen molar-refractivity contribution in [3.05, 3.63) is 81.1 Å². The van der Waals surface area contributed by atoms with E-state index in [1.807, 2.05) is 0 Å². The van der Waals surface area contributed by atoms with Gasteiger partial charge in [0.25, 0.3) is 11.5 Å². The monoisotopic (exact) mass is 436 g/mol. The van der Waals surface area contributed by atoms with Crippen molar-refractivity contribution < 1.29 is 18.7 Å². The van der Waals surface area contributed by atoms with Crippen LogP contribution in [0.4, 0.5) is 5.69 Å². The number of nitrogens with one attached hydrogen (secondary N) is 1. The lowest BCUT2D eigenvalue weighted by Gasteiger charge is -2.07. The van der Waals surface area contributed by atoms with E-state index in [4.69, 9.17) is 9.15 Å². The van der Waals surface area contributed by atoms with Gasteiger partial charge in [0.15, 0.2) is 5.76 Å². The first-order chi connectivity index (χ1) is 15.1. The predicted molar refractivity (Wildman–Crippen MR) is 111 cm³/mol. The first-order valence-electron chi connectivity index (χ1n) is 9.58. The smallest absolute Gasteiger partial charge is 0.338 e. The Bertz CT molecular complexity index is 1340. The minimum Gasteiger partial charge on any atom is -0.459 e. The number of aromatic nitrogens is 3. The molecule has 0 saturated heterocycles. The van der Waals surface area contributed by atoms with Crippen LogP contribution in [0.5, 0.6) is 0 Å². The average molecular weight is 436 g/mol. The van der Waals surface area contributed by atoms with Gasteiger partial charge in [-0.1, -0.05) is 17.4 Å². The lowest BCUT2D eigenvalue weighted by Crippen LogP contribution is -2.17. The van der Waals surface area contributed by atoms with Crippen molar-refractivity contribution in [3.63, 3.8) is 0 Å². The van der Waals surface area contributed by atoms with E-state index in [2.05, 4.69) is 15.4 Å². The summed E-state index contributed by atoms with van der Waals surface area (Å²) in [5.41, 5.74) is 0.725. The molecule has 1 saturated carbocycles. The summed E-state index contributed by atoms with van der Waals surface area (Å²) in [6.07, 6.45) is 3.57. The Morgan fingerprint density at radius 2 is 2.10 bits per heavy atom. The lowest BCUT2D eigenvalue weighted by molar-refractivity contribution is 0.0467. The van der Waals surface area contributed by atoms with Crippen LogP contribution in [0.15, 0.2) is 57.9 Å². The van der Waals surface area contributed by atoms with E-state index in [-0.39, 0.29) is 23.5 Å². The van der Waals surface area contributed by atoms with E-state index in [0.717, 1.165) is 17.8 Å². The van der Waals surface area contributed by atoms with Gasteiger partial charge in [-0.2, -0.15) is 9.61 Å². The van der Waals surface area contributed by atoms with Crippen LogP contribution in [0.25, 0.3) is 4.96 Å². The number of anilines is 1. The number of carbonyl (C=O) groups is 2. The van der Waals surface area contributed by atoms with Gasteiger partial charge in [0, 0.05) is 17.7 Å². The van der Waals surface area contributed by atoms with Gasteiger partial charge in [-0.25, -0.2) is 9.78 Å². The van der Waals surface area contributed by atoms with Crippen LogP contribution in [-0.2, 0) is 11.3 Å². The summed E-state index contributed by atoms with van der Waals surface area (Å²) in [4.78, 5) is 41.7. The summed E-state index contributed by atoms with van der Waals surface area (Å²) in [6, 6.07) is 10.8. The highest BCUT2D eigenvalue weighted by Gasteiger charge is 2.28. The molecule has 3 heterocycles. The minimum absolute atomic E-state index is 0.149. The highest BCUT2D eigenvalue weighted by Crippen LogP contribution is 2.41. The molecule has 1 amide bonds. The largest absolute Gasteiger partial charge is 0.459 e. The molecule has 5 rings (SSSR count). The van der Waals surface area contributed by atoms with Crippen molar-refractivity contribution in [1.29, 1.82) is 0 Å². The first kappa shape index (κ1) is 19.2. The fourth-order valence-electron chi connectivity index (χ4n) is 2.99. The van der Waals surface area contributed by atoms with Gasteiger partial charge < -0.3 is 14.5 Å². The fourth-order valence-corrected chi connectivity index (χ4v) is 4.08. The number of benzene rings is 1.